The minimum absolute atomic E-state index is 0.0652. The molecule has 2 heterocycles. The highest BCUT2D eigenvalue weighted by Gasteiger charge is 2.33. The van der Waals surface area contributed by atoms with Crippen molar-refractivity contribution in [2.24, 2.45) is 5.92 Å². The number of ether oxygens (including phenoxy) is 3. The van der Waals surface area contributed by atoms with Gasteiger partial charge in [0.15, 0.2) is 11.6 Å². The molecule has 0 saturated carbocycles. The van der Waals surface area contributed by atoms with E-state index in [0.29, 0.717) is 11.7 Å². The average Bonchev–Trinajstić information content (AvgIpc) is 3.24. The lowest BCUT2D eigenvalue weighted by molar-refractivity contribution is 0.0877. The van der Waals surface area contributed by atoms with Gasteiger partial charge in [0.2, 0.25) is 0 Å². The molecular formula is C23H30FN3O3. The number of nitrogens with zero attached hydrogens (tertiary/aromatic N) is 1. The number of hydrazine groups is 1. The molecule has 0 radical (unpaired) electrons. The Hall–Kier alpha value is -2.35. The Bertz CT molecular complexity index is 842. The smallest absolute Gasteiger partial charge is 0.165 e. The third kappa shape index (κ3) is 4.69. The fraction of sp³-hybridized carbons (Fsp3) is 0.478. The first-order chi connectivity index (χ1) is 14.7. The third-order valence-electron chi connectivity index (χ3n) is 6.03. The van der Waals surface area contributed by atoms with Gasteiger partial charge in [0, 0.05) is 43.7 Å². The van der Waals surface area contributed by atoms with Gasteiger partial charge in [-0.05, 0) is 31.0 Å². The maximum atomic E-state index is 13.8. The monoisotopic (exact) mass is 415 g/mol. The highest BCUT2D eigenvalue weighted by atomic mass is 19.1. The van der Waals surface area contributed by atoms with Crippen LogP contribution in [-0.4, -0.2) is 51.4 Å². The fourth-order valence-electron chi connectivity index (χ4n) is 4.37. The number of benzene rings is 2. The van der Waals surface area contributed by atoms with E-state index >= 15 is 0 Å². The van der Waals surface area contributed by atoms with Gasteiger partial charge in [-0.25, -0.2) is 9.82 Å². The summed E-state index contributed by atoms with van der Waals surface area (Å²) in [4.78, 5) is 2.48. The van der Waals surface area contributed by atoms with Crippen molar-refractivity contribution >= 4 is 0 Å². The van der Waals surface area contributed by atoms with Crippen LogP contribution in [0.3, 0.4) is 0 Å². The lowest BCUT2D eigenvalue weighted by atomic mass is 9.92. The van der Waals surface area contributed by atoms with Crippen LogP contribution in [0.25, 0.3) is 0 Å². The SMILES string of the molecule is COc1ccc(C2NNCC2CN2CCC(Oc3ccccc3F)CC2)c(OC)c1. The van der Waals surface area contributed by atoms with Crippen LogP contribution in [0, 0.1) is 11.7 Å². The summed E-state index contributed by atoms with van der Waals surface area (Å²) in [7, 11) is 3.35. The van der Waals surface area contributed by atoms with Crippen molar-refractivity contribution in [1.82, 2.24) is 15.8 Å². The van der Waals surface area contributed by atoms with E-state index in [4.69, 9.17) is 14.2 Å². The lowest BCUT2D eigenvalue weighted by Crippen LogP contribution is -2.42. The molecule has 2 atom stereocenters. The molecule has 7 heteroatoms. The molecule has 2 N–H and O–H groups in total. The first kappa shape index (κ1) is 20.9. The maximum Gasteiger partial charge on any atom is 0.165 e. The molecular weight excluding hydrogens is 385 g/mol. The minimum Gasteiger partial charge on any atom is -0.497 e. The van der Waals surface area contributed by atoms with Gasteiger partial charge in [0.25, 0.3) is 0 Å². The van der Waals surface area contributed by atoms with Gasteiger partial charge in [0.1, 0.15) is 17.6 Å². The molecule has 2 aliphatic heterocycles. The molecule has 6 nitrogen and oxygen atoms in total. The third-order valence-corrected chi connectivity index (χ3v) is 6.03. The van der Waals surface area contributed by atoms with Crippen LogP contribution in [0.15, 0.2) is 42.5 Å². The number of para-hydroxylation sites is 1. The van der Waals surface area contributed by atoms with Gasteiger partial charge < -0.3 is 19.1 Å². The lowest BCUT2D eigenvalue weighted by Gasteiger charge is -2.34. The van der Waals surface area contributed by atoms with Crippen LogP contribution in [0.1, 0.15) is 24.4 Å². The van der Waals surface area contributed by atoms with E-state index in [0.717, 1.165) is 56.1 Å². The van der Waals surface area contributed by atoms with Crippen LogP contribution in [0.4, 0.5) is 4.39 Å². The number of hydrogen-bond acceptors (Lipinski definition) is 6. The number of hydrogen-bond donors (Lipinski definition) is 2. The highest BCUT2D eigenvalue weighted by Crippen LogP contribution is 2.35. The number of piperidine rings is 1. The van der Waals surface area contributed by atoms with Crippen molar-refractivity contribution < 1.29 is 18.6 Å². The van der Waals surface area contributed by atoms with E-state index in [1.165, 1.54) is 6.07 Å². The van der Waals surface area contributed by atoms with Gasteiger partial charge >= 0.3 is 0 Å². The number of halogens is 1. The van der Waals surface area contributed by atoms with E-state index in [2.05, 4.69) is 21.8 Å². The molecule has 30 heavy (non-hydrogen) atoms. The molecule has 2 aromatic rings. The first-order valence-electron chi connectivity index (χ1n) is 10.5. The van der Waals surface area contributed by atoms with Crippen LogP contribution in [0.2, 0.25) is 0 Å². The predicted molar refractivity (Wildman–Crippen MR) is 113 cm³/mol. The molecule has 2 aliphatic rings. The van der Waals surface area contributed by atoms with Crippen LogP contribution >= 0.6 is 0 Å². The molecule has 0 spiro atoms. The van der Waals surface area contributed by atoms with Crippen molar-refractivity contribution in [1.29, 1.82) is 0 Å². The molecule has 0 bridgehead atoms. The zero-order valence-corrected chi connectivity index (χ0v) is 17.6. The zero-order valence-electron chi connectivity index (χ0n) is 17.6. The second-order valence-corrected chi connectivity index (χ2v) is 7.92. The topological polar surface area (TPSA) is 55.0 Å². The summed E-state index contributed by atoms with van der Waals surface area (Å²) in [6, 6.07) is 12.8. The standard InChI is InChI=1S/C23H30FN3O3/c1-28-18-7-8-19(22(13-18)29-2)23-16(14-25-26-23)15-27-11-9-17(10-12-27)30-21-6-4-3-5-20(21)24/h3-8,13,16-17,23,25-26H,9-12,14-15H2,1-2H3. The molecule has 2 fully saturated rings. The van der Waals surface area contributed by atoms with Crippen LogP contribution in [0.5, 0.6) is 17.2 Å². The Labute approximate surface area is 177 Å². The predicted octanol–water partition coefficient (Wildman–Crippen LogP) is 3.15. The molecule has 162 valence electrons. The number of likely N-dealkylation sites (tertiary alicyclic amines) is 1. The summed E-state index contributed by atoms with van der Waals surface area (Å²) in [5.74, 6) is 2.09. The number of rotatable bonds is 7. The quantitative estimate of drug-likeness (QED) is 0.725. The summed E-state index contributed by atoms with van der Waals surface area (Å²) in [5.41, 5.74) is 7.85. The van der Waals surface area contributed by atoms with Gasteiger partial charge in [0.05, 0.1) is 20.3 Å². The second kappa shape index (κ2) is 9.64. The molecule has 0 aliphatic carbocycles. The molecule has 0 aromatic heterocycles. The van der Waals surface area contributed by atoms with Gasteiger partial charge in [-0.1, -0.05) is 18.2 Å². The van der Waals surface area contributed by atoms with Gasteiger partial charge in [-0.15, -0.1) is 0 Å². The summed E-state index contributed by atoms with van der Waals surface area (Å²) >= 11 is 0. The summed E-state index contributed by atoms with van der Waals surface area (Å²) < 4.78 is 30.7. The molecule has 2 saturated heterocycles. The van der Waals surface area contributed by atoms with Crippen molar-refractivity contribution in [3.8, 4) is 17.2 Å². The van der Waals surface area contributed by atoms with Gasteiger partial charge in [-0.2, -0.15) is 0 Å². The van der Waals surface area contributed by atoms with E-state index in [1.54, 1.807) is 32.4 Å². The molecule has 4 rings (SSSR count). The molecule has 2 aromatic carbocycles. The second-order valence-electron chi connectivity index (χ2n) is 7.92. The number of nitrogens with one attached hydrogen (secondary N) is 2. The van der Waals surface area contributed by atoms with E-state index < -0.39 is 0 Å². The van der Waals surface area contributed by atoms with Crippen molar-refractivity contribution in [3.63, 3.8) is 0 Å². The fourth-order valence-corrected chi connectivity index (χ4v) is 4.37. The van der Waals surface area contributed by atoms with Gasteiger partial charge in [-0.3, -0.25) is 5.43 Å². The van der Waals surface area contributed by atoms with Crippen molar-refractivity contribution in [3.05, 3.63) is 53.8 Å². The van der Waals surface area contributed by atoms with Crippen LogP contribution in [-0.2, 0) is 0 Å². The first-order valence-corrected chi connectivity index (χ1v) is 10.5. The number of methoxy groups -OCH3 is 2. The van der Waals surface area contributed by atoms with E-state index in [1.807, 2.05) is 12.1 Å². The normalized spacial score (nSPS) is 22.8. The van der Waals surface area contributed by atoms with E-state index in [-0.39, 0.29) is 18.0 Å². The Morgan fingerprint density at radius 1 is 1.03 bits per heavy atom. The average molecular weight is 416 g/mol. The van der Waals surface area contributed by atoms with Crippen molar-refractivity contribution in [2.75, 3.05) is 40.4 Å². The molecule has 2 unspecified atom stereocenters. The summed E-state index contributed by atoms with van der Waals surface area (Å²) in [6.07, 6.45) is 1.87. The van der Waals surface area contributed by atoms with Crippen LogP contribution < -0.4 is 25.1 Å². The highest BCUT2D eigenvalue weighted by molar-refractivity contribution is 5.43. The Morgan fingerprint density at radius 2 is 1.83 bits per heavy atom. The summed E-state index contributed by atoms with van der Waals surface area (Å²) in [5, 5.41) is 0. The van der Waals surface area contributed by atoms with E-state index in [9.17, 15) is 4.39 Å². The molecule has 0 amide bonds. The minimum atomic E-state index is -0.292. The Morgan fingerprint density at radius 3 is 2.57 bits per heavy atom. The van der Waals surface area contributed by atoms with Crippen molar-refractivity contribution in [2.45, 2.75) is 25.0 Å². The zero-order chi connectivity index (χ0) is 20.9. The maximum absolute atomic E-state index is 13.8. The largest absolute Gasteiger partial charge is 0.497 e. The Balaban J connectivity index is 1.34. The summed E-state index contributed by atoms with van der Waals surface area (Å²) in [6.45, 7) is 3.77. The Kier molecular flexibility index (Phi) is 6.72.